The van der Waals surface area contributed by atoms with Crippen LogP contribution >= 0.6 is 0 Å². The zero-order valence-corrected chi connectivity index (χ0v) is 12.5. The van der Waals surface area contributed by atoms with Crippen LogP contribution in [0.25, 0.3) is 10.9 Å². The summed E-state index contributed by atoms with van der Waals surface area (Å²) < 4.78 is 0. The highest BCUT2D eigenvalue weighted by Gasteiger charge is 2.25. The molecule has 0 unspecified atom stereocenters. The van der Waals surface area contributed by atoms with Crippen LogP contribution in [0.4, 0.5) is 5.69 Å². The quantitative estimate of drug-likeness (QED) is 0.751. The molecule has 2 aromatic carbocycles. The number of rotatable bonds is 1. The average Bonchev–Trinajstić information content (AvgIpc) is 2.60. The van der Waals surface area contributed by atoms with Crippen molar-refractivity contribution in [3.05, 3.63) is 70.3 Å². The van der Waals surface area contributed by atoms with Gasteiger partial charge in [0.2, 0.25) is 0 Å². The summed E-state index contributed by atoms with van der Waals surface area (Å²) >= 11 is 0. The van der Waals surface area contributed by atoms with E-state index in [0.29, 0.717) is 17.4 Å². The van der Waals surface area contributed by atoms with E-state index in [-0.39, 0.29) is 11.6 Å². The molecule has 1 N–H and O–H groups in total. The van der Waals surface area contributed by atoms with E-state index in [9.17, 15) is 9.59 Å². The van der Waals surface area contributed by atoms with Gasteiger partial charge in [-0.1, -0.05) is 36.4 Å². The number of nitrogens with zero attached hydrogens (tertiary/aromatic N) is 2. The molecule has 0 radical (unpaired) electrons. The van der Waals surface area contributed by atoms with E-state index in [1.165, 1.54) is 0 Å². The molecule has 1 amide bonds. The third-order valence-corrected chi connectivity index (χ3v) is 4.20. The van der Waals surface area contributed by atoms with Crippen LogP contribution in [0.5, 0.6) is 0 Å². The van der Waals surface area contributed by atoms with Crippen molar-refractivity contribution in [3.8, 4) is 0 Å². The van der Waals surface area contributed by atoms with Gasteiger partial charge in [-0.05, 0) is 30.5 Å². The predicted octanol–water partition coefficient (Wildman–Crippen LogP) is 2.52. The molecule has 1 aliphatic heterocycles. The van der Waals surface area contributed by atoms with Gasteiger partial charge in [0, 0.05) is 17.6 Å². The van der Waals surface area contributed by atoms with Crippen LogP contribution in [0.15, 0.2) is 53.3 Å². The van der Waals surface area contributed by atoms with Crippen LogP contribution in [0, 0.1) is 0 Å². The van der Waals surface area contributed by atoms with E-state index in [1.807, 2.05) is 36.4 Å². The second-order valence-corrected chi connectivity index (χ2v) is 5.63. The van der Waals surface area contributed by atoms with Crippen molar-refractivity contribution in [1.82, 2.24) is 9.97 Å². The van der Waals surface area contributed by atoms with E-state index in [0.717, 1.165) is 24.1 Å². The summed E-state index contributed by atoms with van der Waals surface area (Å²) in [6.07, 6.45) is 1.87. The van der Waals surface area contributed by atoms with Crippen LogP contribution in [0.3, 0.4) is 0 Å². The molecule has 23 heavy (non-hydrogen) atoms. The Morgan fingerprint density at radius 3 is 2.78 bits per heavy atom. The number of H-pyrrole nitrogens is 1. The van der Waals surface area contributed by atoms with E-state index >= 15 is 0 Å². The molecule has 0 atom stereocenters. The summed E-state index contributed by atoms with van der Waals surface area (Å²) in [4.78, 5) is 33.2. The van der Waals surface area contributed by atoms with Gasteiger partial charge in [-0.2, -0.15) is 4.98 Å². The van der Waals surface area contributed by atoms with Gasteiger partial charge in [0.05, 0.1) is 5.52 Å². The van der Waals surface area contributed by atoms with Crippen molar-refractivity contribution in [1.29, 1.82) is 0 Å². The lowest BCUT2D eigenvalue weighted by molar-refractivity contribution is 0.0981. The number of aromatic amines is 1. The summed E-state index contributed by atoms with van der Waals surface area (Å²) in [5, 5.41) is 0.667. The summed E-state index contributed by atoms with van der Waals surface area (Å²) in [5.41, 5.74) is 2.40. The lowest BCUT2D eigenvalue weighted by atomic mass is 10.0. The Hall–Kier alpha value is -2.95. The number of amides is 1. The number of hydrogen-bond donors (Lipinski definition) is 1. The standard InChI is InChI=1S/C18H15N3O2/c22-17(21-11-5-7-12-6-1-4-10-15(12)21)16-13-8-2-3-9-14(13)19-18(23)20-16/h1-4,6,8-10H,5,7,11H2,(H,19,20,23). The molecule has 3 aromatic rings. The maximum atomic E-state index is 13.0. The minimum atomic E-state index is -0.502. The molecule has 0 bridgehead atoms. The first-order valence-corrected chi connectivity index (χ1v) is 7.63. The molecular weight excluding hydrogens is 290 g/mol. The normalized spacial score (nSPS) is 13.8. The molecular formula is C18H15N3O2. The molecule has 5 heteroatoms. The number of aryl methyl sites for hydroxylation is 1. The number of aromatic nitrogens is 2. The molecule has 2 heterocycles. The largest absolute Gasteiger partial charge is 0.346 e. The molecule has 1 aromatic heterocycles. The first kappa shape index (κ1) is 13.7. The zero-order valence-electron chi connectivity index (χ0n) is 12.5. The van der Waals surface area contributed by atoms with Crippen molar-refractivity contribution in [3.63, 3.8) is 0 Å². The van der Waals surface area contributed by atoms with Gasteiger partial charge in [-0.25, -0.2) is 4.79 Å². The van der Waals surface area contributed by atoms with Crippen molar-refractivity contribution in [2.24, 2.45) is 0 Å². The van der Waals surface area contributed by atoms with Crippen LogP contribution in [0.1, 0.15) is 22.5 Å². The Kier molecular flexibility index (Phi) is 3.19. The highest BCUT2D eigenvalue weighted by atomic mass is 16.2. The minimum absolute atomic E-state index is 0.209. The maximum Gasteiger partial charge on any atom is 0.346 e. The fraction of sp³-hybridized carbons (Fsp3) is 0.167. The second kappa shape index (κ2) is 5.35. The van der Waals surface area contributed by atoms with Gasteiger partial charge in [-0.15, -0.1) is 0 Å². The number of hydrogen-bond acceptors (Lipinski definition) is 3. The summed E-state index contributed by atoms with van der Waals surface area (Å²) in [6.45, 7) is 0.638. The number of anilines is 1. The Bertz CT molecular complexity index is 962. The number of fused-ring (bicyclic) bond motifs is 2. The second-order valence-electron chi connectivity index (χ2n) is 5.63. The SMILES string of the molecule is O=C(c1nc(=O)[nH]c2ccccc12)N1CCCc2ccccc21. The zero-order chi connectivity index (χ0) is 15.8. The molecule has 1 aliphatic rings. The van der Waals surface area contributed by atoms with Crippen molar-refractivity contribution < 1.29 is 4.79 Å². The van der Waals surface area contributed by atoms with Crippen LogP contribution < -0.4 is 10.6 Å². The van der Waals surface area contributed by atoms with Crippen molar-refractivity contribution in [2.75, 3.05) is 11.4 Å². The van der Waals surface area contributed by atoms with E-state index in [4.69, 9.17) is 0 Å². The molecule has 0 fully saturated rings. The molecule has 0 spiro atoms. The Labute approximate surface area is 132 Å². The highest BCUT2D eigenvalue weighted by molar-refractivity contribution is 6.12. The van der Waals surface area contributed by atoms with Crippen LogP contribution in [0.2, 0.25) is 0 Å². The third-order valence-electron chi connectivity index (χ3n) is 4.20. The van der Waals surface area contributed by atoms with Crippen molar-refractivity contribution in [2.45, 2.75) is 12.8 Å². The summed E-state index contributed by atoms with van der Waals surface area (Å²) in [6, 6.07) is 15.1. The Morgan fingerprint density at radius 2 is 1.87 bits per heavy atom. The molecule has 114 valence electrons. The van der Waals surface area contributed by atoms with Gasteiger partial charge >= 0.3 is 5.69 Å². The predicted molar refractivity (Wildman–Crippen MR) is 88.8 cm³/mol. The fourth-order valence-electron chi connectivity index (χ4n) is 3.14. The topological polar surface area (TPSA) is 66.1 Å². The number of benzene rings is 2. The first-order valence-electron chi connectivity index (χ1n) is 7.63. The highest BCUT2D eigenvalue weighted by Crippen LogP contribution is 2.28. The smallest absolute Gasteiger partial charge is 0.307 e. The van der Waals surface area contributed by atoms with Gasteiger partial charge < -0.3 is 9.88 Å². The Morgan fingerprint density at radius 1 is 1.09 bits per heavy atom. The fourth-order valence-corrected chi connectivity index (χ4v) is 3.14. The maximum absolute atomic E-state index is 13.0. The van der Waals surface area contributed by atoms with Gasteiger partial charge in [0.15, 0.2) is 0 Å². The lowest BCUT2D eigenvalue weighted by Gasteiger charge is -2.29. The third kappa shape index (κ3) is 2.30. The summed E-state index contributed by atoms with van der Waals surface area (Å²) in [5.74, 6) is -0.223. The number of carbonyl (C=O) groups is 1. The Balaban J connectivity index is 1.87. The van der Waals surface area contributed by atoms with Crippen LogP contribution in [-0.4, -0.2) is 22.4 Å². The number of carbonyl (C=O) groups excluding carboxylic acids is 1. The molecule has 0 aliphatic carbocycles. The van der Waals surface area contributed by atoms with Crippen LogP contribution in [-0.2, 0) is 6.42 Å². The van der Waals surface area contributed by atoms with Gasteiger partial charge in [0.1, 0.15) is 5.69 Å². The molecule has 4 rings (SSSR count). The average molecular weight is 305 g/mol. The minimum Gasteiger partial charge on any atom is -0.307 e. The van der Waals surface area contributed by atoms with E-state index < -0.39 is 5.69 Å². The van der Waals surface area contributed by atoms with Crippen molar-refractivity contribution >= 4 is 22.5 Å². The van der Waals surface area contributed by atoms with Gasteiger partial charge in [0.25, 0.3) is 5.91 Å². The number of para-hydroxylation sites is 2. The van der Waals surface area contributed by atoms with E-state index in [1.54, 1.807) is 17.0 Å². The monoisotopic (exact) mass is 305 g/mol. The number of nitrogens with one attached hydrogen (secondary N) is 1. The molecule has 0 saturated carbocycles. The van der Waals surface area contributed by atoms with E-state index in [2.05, 4.69) is 9.97 Å². The molecule has 0 saturated heterocycles. The molecule has 5 nitrogen and oxygen atoms in total. The lowest BCUT2D eigenvalue weighted by Crippen LogP contribution is -2.37. The van der Waals surface area contributed by atoms with Gasteiger partial charge in [-0.3, -0.25) is 4.79 Å². The summed E-state index contributed by atoms with van der Waals surface area (Å²) in [7, 11) is 0. The first-order chi connectivity index (χ1) is 11.2.